The van der Waals surface area contributed by atoms with Crippen molar-refractivity contribution in [3.05, 3.63) is 23.5 Å². The monoisotopic (exact) mass is 204 g/mol. The lowest BCUT2D eigenvalue weighted by Gasteiger charge is -2.08. The summed E-state index contributed by atoms with van der Waals surface area (Å²) in [5.41, 5.74) is -0.0315. The zero-order valence-electron chi connectivity index (χ0n) is 7.49. The molecule has 1 saturated heterocycles. The van der Waals surface area contributed by atoms with Crippen LogP contribution in [0.1, 0.15) is 30.3 Å². The van der Waals surface area contributed by atoms with Crippen molar-refractivity contribution in [3.8, 4) is 0 Å². The molecule has 0 saturated carbocycles. The lowest BCUT2D eigenvalue weighted by molar-refractivity contribution is -0.140. The number of nitrogens with one attached hydrogen (secondary N) is 2. The molecule has 0 aliphatic carbocycles. The van der Waals surface area contributed by atoms with Gasteiger partial charge in [0.1, 0.15) is 5.69 Å². The second kappa shape index (κ2) is 3.31. The number of aromatic amines is 1. The van der Waals surface area contributed by atoms with Crippen LogP contribution >= 0.6 is 0 Å². The molecule has 0 bridgehead atoms. The maximum atomic E-state index is 12.2. The van der Waals surface area contributed by atoms with Gasteiger partial charge in [0, 0.05) is 11.7 Å². The van der Waals surface area contributed by atoms with E-state index in [9.17, 15) is 13.2 Å². The van der Waals surface area contributed by atoms with Crippen molar-refractivity contribution in [2.75, 3.05) is 6.54 Å². The molecule has 14 heavy (non-hydrogen) atoms. The highest BCUT2D eigenvalue weighted by atomic mass is 19.4. The molecule has 2 N–H and O–H groups in total. The summed E-state index contributed by atoms with van der Waals surface area (Å²) >= 11 is 0. The third-order valence-corrected chi connectivity index (χ3v) is 2.45. The fourth-order valence-electron chi connectivity index (χ4n) is 1.73. The van der Waals surface area contributed by atoms with Crippen molar-refractivity contribution in [2.24, 2.45) is 0 Å². The lowest BCUT2D eigenvalue weighted by Crippen LogP contribution is -2.14. The van der Waals surface area contributed by atoms with Crippen molar-refractivity contribution in [1.29, 1.82) is 0 Å². The summed E-state index contributed by atoms with van der Waals surface area (Å²) in [6, 6.07) is 2.66. The number of H-pyrrole nitrogens is 1. The molecule has 2 nitrogen and oxygen atoms in total. The molecule has 1 aromatic rings. The molecular formula is C9H11F3N2. The Labute approximate surface area is 79.5 Å². The van der Waals surface area contributed by atoms with Crippen LogP contribution < -0.4 is 5.32 Å². The minimum Gasteiger partial charge on any atom is -0.354 e. The molecule has 2 rings (SSSR count). The Morgan fingerprint density at radius 2 is 2.07 bits per heavy atom. The number of alkyl halides is 3. The average molecular weight is 204 g/mol. The Morgan fingerprint density at radius 3 is 2.57 bits per heavy atom. The van der Waals surface area contributed by atoms with Gasteiger partial charge in [-0.3, -0.25) is 0 Å². The third kappa shape index (κ3) is 1.77. The fourth-order valence-corrected chi connectivity index (χ4v) is 1.73. The van der Waals surface area contributed by atoms with Crippen LogP contribution in [0.3, 0.4) is 0 Å². The largest absolute Gasteiger partial charge is 0.431 e. The topological polar surface area (TPSA) is 27.8 Å². The van der Waals surface area contributed by atoms with Crippen LogP contribution in [0.2, 0.25) is 0 Å². The molecule has 1 aliphatic heterocycles. The van der Waals surface area contributed by atoms with Crippen molar-refractivity contribution >= 4 is 0 Å². The summed E-state index contributed by atoms with van der Waals surface area (Å²) in [6.45, 7) is 0.880. The molecule has 1 aliphatic rings. The zero-order chi connectivity index (χ0) is 10.2. The standard InChI is InChI=1S/C9H11F3N2/c10-9(11,12)8-4-3-7(14-8)6-2-1-5-13-6/h3-4,6,13-14H,1-2,5H2. The Hall–Kier alpha value is -0.970. The molecule has 78 valence electrons. The van der Waals surface area contributed by atoms with Gasteiger partial charge in [0.05, 0.1) is 0 Å². The van der Waals surface area contributed by atoms with Crippen LogP contribution in [0, 0.1) is 0 Å². The predicted molar refractivity (Wildman–Crippen MR) is 45.8 cm³/mol. The molecule has 0 radical (unpaired) electrons. The van der Waals surface area contributed by atoms with Crippen molar-refractivity contribution in [1.82, 2.24) is 10.3 Å². The van der Waals surface area contributed by atoms with Gasteiger partial charge >= 0.3 is 6.18 Å². The van der Waals surface area contributed by atoms with Crippen LogP contribution in [0.4, 0.5) is 13.2 Å². The van der Waals surface area contributed by atoms with E-state index in [-0.39, 0.29) is 6.04 Å². The van der Waals surface area contributed by atoms with E-state index in [2.05, 4.69) is 10.3 Å². The van der Waals surface area contributed by atoms with E-state index in [1.807, 2.05) is 0 Å². The normalized spacial score (nSPS) is 22.9. The van der Waals surface area contributed by atoms with E-state index in [1.54, 1.807) is 0 Å². The maximum Gasteiger partial charge on any atom is 0.431 e. The van der Waals surface area contributed by atoms with Gasteiger partial charge in [0.25, 0.3) is 0 Å². The molecule has 0 spiro atoms. The van der Waals surface area contributed by atoms with Gasteiger partial charge in [0.15, 0.2) is 0 Å². The van der Waals surface area contributed by atoms with Crippen LogP contribution in [-0.2, 0) is 6.18 Å². The van der Waals surface area contributed by atoms with E-state index in [4.69, 9.17) is 0 Å². The highest BCUT2D eigenvalue weighted by molar-refractivity contribution is 5.19. The molecule has 2 heterocycles. The average Bonchev–Trinajstić information content (AvgIpc) is 2.73. The Balaban J connectivity index is 2.17. The van der Waals surface area contributed by atoms with Crippen LogP contribution in [0.15, 0.2) is 12.1 Å². The molecule has 0 amide bonds. The fraction of sp³-hybridized carbons (Fsp3) is 0.556. The number of aromatic nitrogens is 1. The first-order chi connectivity index (χ1) is 6.57. The number of halogens is 3. The SMILES string of the molecule is FC(F)(F)c1ccc(C2CCCN2)[nH]1. The van der Waals surface area contributed by atoms with Crippen LogP contribution in [0.25, 0.3) is 0 Å². The molecule has 1 fully saturated rings. The molecule has 5 heteroatoms. The summed E-state index contributed by atoms with van der Waals surface area (Å²) in [7, 11) is 0. The smallest absolute Gasteiger partial charge is 0.354 e. The summed E-state index contributed by atoms with van der Waals surface area (Å²) in [4.78, 5) is 2.41. The van der Waals surface area contributed by atoms with Crippen LogP contribution in [-0.4, -0.2) is 11.5 Å². The molecular weight excluding hydrogens is 193 g/mol. The molecule has 0 aromatic carbocycles. The van der Waals surface area contributed by atoms with E-state index in [0.717, 1.165) is 25.5 Å². The van der Waals surface area contributed by atoms with E-state index < -0.39 is 11.9 Å². The first-order valence-electron chi connectivity index (χ1n) is 4.57. The predicted octanol–water partition coefficient (Wildman–Crippen LogP) is 2.46. The lowest BCUT2D eigenvalue weighted by atomic mass is 10.2. The summed E-state index contributed by atoms with van der Waals surface area (Å²) in [6.07, 6.45) is -2.35. The van der Waals surface area contributed by atoms with Gasteiger partial charge in [-0.2, -0.15) is 13.2 Å². The first-order valence-corrected chi connectivity index (χ1v) is 4.57. The first kappa shape index (κ1) is 9.58. The van der Waals surface area contributed by atoms with Gasteiger partial charge in [0.2, 0.25) is 0 Å². The molecule has 1 atom stereocenters. The Bertz CT molecular complexity index is 310. The van der Waals surface area contributed by atoms with Gasteiger partial charge in [-0.05, 0) is 31.5 Å². The van der Waals surface area contributed by atoms with Gasteiger partial charge in [-0.25, -0.2) is 0 Å². The van der Waals surface area contributed by atoms with Gasteiger partial charge in [-0.15, -0.1) is 0 Å². The Kier molecular flexibility index (Phi) is 2.26. The van der Waals surface area contributed by atoms with E-state index in [1.165, 1.54) is 6.07 Å². The number of hydrogen-bond acceptors (Lipinski definition) is 1. The second-order valence-electron chi connectivity index (χ2n) is 3.47. The number of rotatable bonds is 1. The summed E-state index contributed by atoms with van der Waals surface area (Å²) in [5, 5.41) is 3.14. The van der Waals surface area contributed by atoms with E-state index >= 15 is 0 Å². The van der Waals surface area contributed by atoms with Crippen molar-refractivity contribution in [2.45, 2.75) is 25.1 Å². The van der Waals surface area contributed by atoms with E-state index in [0.29, 0.717) is 5.69 Å². The molecule has 1 unspecified atom stereocenters. The maximum absolute atomic E-state index is 12.2. The van der Waals surface area contributed by atoms with Crippen molar-refractivity contribution < 1.29 is 13.2 Å². The minimum absolute atomic E-state index is 0.0612. The third-order valence-electron chi connectivity index (χ3n) is 2.45. The molecule has 1 aromatic heterocycles. The van der Waals surface area contributed by atoms with Crippen molar-refractivity contribution in [3.63, 3.8) is 0 Å². The Morgan fingerprint density at radius 1 is 1.29 bits per heavy atom. The quantitative estimate of drug-likeness (QED) is 0.722. The summed E-state index contributed by atoms with van der Waals surface area (Å²) in [5.74, 6) is 0. The highest BCUT2D eigenvalue weighted by Gasteiger charge is 2.33. The number of hydrogen-bond donors (Lipinski definition) is 2. The highest BCUT2D eigenvalue weighted by Crippen LogP contribution is 2.30. The summed E-state index contributed by atoms with van der Waals surface area (Å²) < 4.78 is 36.7. The zero-order valence-corrected chi connectivity index (χ0v) is 7.49. The van der Waals surface area contributed by atoms with Crippen LogP contribution in [0.5, 0.6) is 0 Å². The van der Waals surface area contributed by atoms with Gasteiger partial charge < -0.3 is 10.3 Å². The van der Waals surface area contributed by atoms with Gasteiger partial charge in [-0.1, -0.05) is 0 Å². The minimum atomic E-state index is -4.27. The second-order valence-corrected chi connectivity index (χ2v) is 3.47.